The van der Waals surface area contributed by atoms with Crippen LogP contribution in [0.15, 0.2) is 36.5 Å². The van der Waals surface area contributed by atoms with Crippen LogP contribution in [0, 0.1) is 0 Å². The summed E-state index contributed by atoms with van der Waals surface area (Å²) in [6.07, 6.45) is 2.43. The molecule has 0 aliphatic carbocycles. The maximum atomic E-state index is 11.8. The summed E-state index contributed by atoms with van der Waals surface area (Å²) in [5, 5.41) is 0.979. The number of hydrogen-bond acceptors (Lipinski definition) is 4. The number of fused-ring (bicyclic) bond motifs is 1. The first-order valence-corrected chi connectivity index (χ1v) is 8.02. The lowest BCUT2D eigenvalue weighted by Crippen LogP contribution is -2.05. The molecule has 0 radical (unpaired) electrons. The van der Waals surface area contributed by atoms with Gasteiger partial charge < -0.3 is 9.79 Å². The van der Waals surface area contributed by atoms with E-state index in [1.165, 1.54) is 0 Å². The molecule has 0 aliphatic heterocycles. The normalized spacial score (nSPS) is 11.7. The molecule has 21 heavy (non-hydrogen) atoms. The number of aromatic nitrogens is 1. The van der Waals surface area contributed by atoms with E-state index in [0.29, 0.717) is 0 Å². The molecule has 0 fully saturated rings. The van der Waals surface area contributed by atoms with Crippen LogP contribution < -0.4 is 0 Å². The van der Waals surface area contributed by atoms with Gasteiger partial charge in [-0.05, 0) is 24.1 Å². The number of phosphoric ester groups is 1. The smallest absolute Gasteiger partial charge is 0.303 e. The van der Waals surface area contributed by atoms with Crippen LogP contribution >= 0.6 is 7.82 Å². The van der Waals surface area contributed by atoms with Crippen LogP contribution in [-0.4, -0.2) is 27.2 Å². The number of ketones is 1. The molecule has 1 aromatic heterocycles. The second-order valence-electron chi connectivity index (χ2n) is 4.68. The summed E-state index contributed by atoms with van der Waals surface area (Å²) in [6, 6.07) is 9.58. The van der Waals surface area contributed by atoms with Gasteiger partial charge in [0.05, 0.1) is 12.1 Å². The van der Waals surface area contributed by atoms with Gasteiger partial charge >= 0.3 is 7.82 Å². The molecule has 112 valence electrons. The molecular weight excluding hydrogens is 293 g/mol. The molecule has 0 spiro atoms. The fourth-order valence-electron chi connectivity index (χ4n) is 1.98. The van der Waals surface area contributed by atoms with Gasteiger partial charge in [-0.3, -0.25) is 14.3 Å². The highest BCUT2D eigenvalue weighted by Crippen LogP contribution is 2.35. The van der Waals surface area contributed by atoms with E-state index in [0.717, 1.165) is 16.5 Å². The van der Waals surface area contributed by atoms with Gasteiger partial charge in [0, 0.05) is 24.4 Å². The minimum atomic E-state index is -4.44. The maximum Gasteiger partial charge on any atom is 0.469 e. The third-order valence-corrected chi connectivity index (χ3v) is 3.43. The van der Waals surface area contributed by atoms with Gasteiger partial charge in [0.25, 0.3) is 0 Å². The van der Waals surface area contributed by atoms with E-state index in [1.54, 1.807) is 6.20 Å². The van der Waals surface area contributed by atoms with Crippen molar-refractivity contribution in [3.05, 3.63) is 42.1 Å². The fraction of sp³-hybridized carbons (Fsp3) is 0.286. The zero-order valence-corrected chi connectivity index (χ0v) is 12.2. The Morgan fingerprint density at radius 3 is 2.81 bits per heavy atom. The number of carbonyl (C=O) groups is 1. The molecular formula is C14H16NO5P. The predicted octanol–water partition coefficient (Wildman–Crippen LogP) is 2.24. The van der Waals surface area contributed by atoms with Crippen molar-refractivity contribution in [1.29, 1.82) is 0 Å². The van der Waals surface area contributed by atoms with E-state index in [1.807, 2.05) is 30.3 Å². The molecule has 2 N–H and O–H groups in total. The third-order valence-electron chi connectivity index (χ3n) is 2.91. The summed E-state index contributed by atoms with van der Waals surface area (Å²) in [5.74, 6) is -0.0126. The summed E-state index contributed by atoms with van der Waals surface area (Å²) in [7, 11) is -4.44. The summed E-state index contributed by atoms with van der Waals surface area (Å²) in [6.45, 7) is -0.133. The van der Waals surface area contributed by atoms with Crippen molar-refractivity contribution < 1.29 is 23.7 Å². The van der Waals surface area contributed by atoms with Crippen LogP contribution in [0.5, 0.6) is 0 Å². The van der Waals surface area contributed by atoms with Crippen molar-refractivity contribution in [3.63, 3.8) is 0 Å². The standard InChI is InChI=1S/C14H16NO5P/c16-13(5-3-7-20-21(17,18)19)9-11-8-12-4-1-2-6-14(12)15-10-11/h1-2,4,6,8,10H,3,5,7,9H2,(H2,17,18,19). The van der Waals surface area contributed by atoms with Crippen LogP contribution in [0.2, 0.25) is 0 Å². The van der Waals surface area contributed by atoms with Crippen molar-refractivity contribution in [2.75, 3.05) is 6.61 Å². The van der Waals surface area contributed by atoms with Gasteiger partial charge in [-0.2, -0.15) is 0 Å². The second kappa shape index (κ2) is 6.91. The Morgan fingerprint density at radius 1 is 1.29 bits per heavy atom. The number of phosphoric acid groups is 1. The third kappa shape index (κ3) is 5.36. The molecule has 1 aromatic carbocycles. The Bertz CT molecular complexity index is 682. The zero-order valence-electron chi connectivity index (χ0n) is 11.3. The number of Topliss-reactive ketones (excluding diaryl/α,β-unsaturated/α-hetero) is 1. The number of pyridine rings is 1. The highest BCUT2D eigenvalue weighted by molar-refractivity contribution is 7.46. The highest BCUT2D eigenvalue weighted by atomic mass is 31.2. The molecule has 2 rings (SSSR count). The molecule has 0 saturated heterocycles. The monoisotopic (exact) mass is 309 g/mol. The Morgan fingerprint density at radius 2 is 2.05 bits per heavy atom. The molecule has 1 heterocycles. The number of benzene rings is 1. The van der Waals surface area contributed by atoms with E-state index >= 15 is 0 Å². The quantitative estimate of drug-likeness (QED) is 0.601. The zero-order chi connectivity index (χ0) is 15.3. The highest BCUT2D eigenvalue weighted by Gasteiger charge is 2.13. The molecule has 0 bridgehead atoms. The molecule has 0 aliphatic rings. The first-order valence-electron chi connectivity index (χ1n) is 6.49. The summed E-state index contributed by atoms with van der Waals surface area (Å²) >= 11 is 0. The Labute approximate surface area is 122 Å². The van der Waals surface area contributed by atoms with Gasteiger partial charge in [-0.1, -0.05) is 18.2 Å². The number of rotatable bonds is 7. The van der Waals surface area contributed by atoms with Gasteiger partial charge in [-0.25, -0.2) is 4.57 Å². The van der Waals surface area contributed by atoms with E-state index in [-0.39, 0.29) is 31.7 Å². The van der Waals surface area contributed by atoms with Crippen LogP contribution in [0.3, 0.4) is 0 Å². The topological polar surface area (TPSA) is 96.7 Å². The molecule has 0 unspecified atom stereocenters. The lowest BCUT2D eigenvalue weighted by Gasteiger charge is -2.05. The number of nitrogens with zero attached hydrogens (tertiary/aromatic N) is 1. The van der Waals surface area contributed by atoms with Crippen LogP contribution in [0.1, 0.15) is 18.4 Å². The predicted molar refractivity (Wildman–Crippen MR) is 77.7 cm³/mol. The van der Waals surface area contributed by atoms with Gasteiger partial charge in [-0.15, -0.1) is 0 Å². The van der Waals surface area contributed by atoms with Gasteiger partial charge in [0.15, 0.2) is 0 Å². The van der Waals surface area contributed by atoms with Crippen LogP contribution in [-0.2, 0) is 20.3 Å². The van der Waals surface area contributed by atoms with Crippen molar-refractivity contribution in [2.24, 2.45) is 0 Å². The van der Waals surface area contributed by atoms with Gasteiger partial charge in [0.2, 0.25) is 0 Å². The minimum Gasteiger partial charge on any atom is -0.303 e. The summed E-state index contributed by atoms with van der Waals surface area (Å²) < 4.78 is 14.8. The molecule has 6 nitrogen and oxygen atoms in total. The SMILES string of the molecule is O=C(CCCOP(=O)(O)O)Cc1cnc2ccccc2c1. The van der Waals surface area contributed by atoms with Crippen molar-refractivity contribution in [2.45, 2.75) is 19.3 Å². The molecule has 7 heteroatoms. The van der Waals surface area contributed by atoms with Crippen molar-refractivity contribution >= 4 is 24.5 Å². The van der Waals surface area contributed by atoms with E-state index < -0.39 is 7.82 Å². The van der Waals surface area contributed by atoms with Crippen molar-refractivity contribution in [1.82, 2.24) is 4.98 Å². The Kier molecular flexibility index (Phi) is 5.20. The van der Waals surface area contributed by atoms with Gasteiger partial charge in [0.1, 0.15) is 5.78 Å². The van der Waals surface area contributed by atoms with E-state index in [9.17, 15) is 9.36 Å². The first-order chi connectivity index (χ1) is 9.94. The molecule has 0 amide bonds. The Balaban J connectivity index is 1.85. The van der Waals surface area contributed by atoms with Crippen LogP contribution in [0.25, 0.3) is 10.9 Å². The largest absolute Gasteiger partial charge is 0.469 e. The number of carbonyl (C=O) groups excluding carboxylic acids is 1. The number of para-hydroxylation sites is 1. The molecule has 0 atom stereocenters. The number of hydrogen-bond donors (Lipinski definition) is 2. The van der Waals surface area contributed by atoms with E-state index in [4.69, 9.17) is 9.79 Å². The van der Waals surface area contributed by atoms with Crippen molar-refractivity contribution in [3.8, 4) is 0 Å². The van der Waals surface area contributed by atoms with E-state index in [2.05, 4.69) is 9.51 Å². The second-order valence-corrected chi connectivity index (χ2v) is 5.92. The summed E-state index contributed by atoms with van der Waals surface area (Å²) in [5.41, 5.74) is 1.71. The average Bonchev–Trinajstić information content (AvgIpc) is 2.42. The molecule has 0 saturated carbocycles. The fourth-order valence-corrected chi connectivity index (χ4v) is 2.35. The summed E-state index contributed by atoms with van der Waals surface area (Å²) in [4.78, 5) is 33.1. The average molecular weight is 309 g/mol. The minimum absolute atomic E-state index is 0.0126. The van der Waals surface area contributed by atoms with Crippen LogP contribution in [0.4, 0.5) is 0 Å². The lowest BCUT2D eigenvalue weighted by molar-refractivity contribution is -0.118. The first kappa shape index (κ1) is 15.8. The Hall–Kier alpha value is -1.59. The maximum absolute atomic E-state index is 11.8. The molecule has 2 aromatic rings. The lowest BCUT2D eigenvalue weighted by atomic mass is 10.1.